The van der Waals surface area contributed by atoms with Crippen LogP contribution in [0.1, 0.15) is 18.7 Å². The molecule has 1 atom stereocenters. The quantitative estimate of drug-likeness (QED) is 0.891. The maximum absolute atomic E-state index is 11.9. The van der Waals surface area contributed by atoms with Gasteiger partial charge in [-0.2, -0.15) is 0 Å². The first kappa shape index (κ1) is 12.5. The molecule has 3 aliphatic heterocycles. The van der Waals surface area contributed by atoms with E-state index in [4.69, 9.17) is 0 Å². The Morgan fingerprint density at radius 2 is 2.30 bits per heavy atom. The molecule has 1 unspecified atom stereocenters. The molecule has 3 aliphatic rings. The molecule has 3 saturated heterocycles. The number of aromatic nitrogens is 2. The zero-order valence-electron chi connectivity index (χ0n) is 11.3. The van der Waals surface area contributed by atoms with Crippen molar-refractivity contribution in [1.82, 2.24) is 20.2 Å². The molecule has 2 aromatic heterocycles. The standard InChI is InChI=1S/C14H18N4OS/c19-14-13-10(3-6-20-13)16-12(17-14)7-15-11-8-18-4-1-9(11)2-5-18/h3,6,9,11,15H,1-2,4-5,7-8H2,(H,16,17,19). The number of rotatable bonds is 3. The Balaban J connectivity index is 1.49. The second-order valence-corrected chi connectivity index (χ2v) is 6.69. The summed E-state index contributed by atoms with van der Waals surface area (Å²) in [6.07, 6.45) is 2.59. The minimum absolute atomic E-state index is 0.0179. The Morgan fingerprint density at radius 1 is 1.45 bits per heavy atom. The van der Waals surface area contributed by atoms with Gasteiger partial charge in [-0.15, -0.1) is 11.3 Å². The molecule has 6 heteroatoms. The van der Waals surface area contributed by atoms with Crippen LogP contribution in [0.2, 0.25) is 0 Å². The van der Waals surface area contributed by atoms with Crippen LogP contribution < -0.4 is 10.9 Å². The van der Waals surface area contributed by atoms with Gasteiger partial charge < -0.3 is 15.2 Å². The summed E-state index contributed by atoms with van der Waals surface area (Å²) < 4.78 is 0.719. The minimum Gasteiger partial charge on any atom is -0.308 e. The highest BCUT2D eigenvalue weighted by atomic mass is 32.1. The number of nitrogens with zero attached hydrogens (tertiary/aromatic N) is 2. The van der Waals surface area contributed by atoms with E-state index in [1.807, 2.05) is 11.4 Å². The van der Waals surface area contributed by atoms with E-state index < -0.39 is 0 Å². The van der Waals surface area contributed by atoms with E-state index in [0.717, 1.165) is 28.5 Å². The summed E-state index contributed by atoms with van der Waals surface area (Å²) in [6, 6.07) is 2.45. The lowest BCUT2D eigenvalue weighted by Crippen LogP contribution is -2.55. The van der Waals surface area contributed by atoms with Crippen LogP contribution in [0.5, 0.6) is 0 Å². The highest BCUT2D eigenvalue weighted by Gasteiger charge is 2.33. The maximum Gasteiger partial charge on any atom is 0.268 e. The van der Waals surface area contributed by atoms with E-state index in [2.05, 4.69) is 20.2 Å². The molecular weight excluding hydrogens is 272 g/mol. The second-order valence-electron chi connectivity index (χ2n) is 5.77. The molecule has 0 saturated carbocycles. The first-order chi connectivity index (χ1) is 9.79. The van der Waals surface area contributed by atoms with Crippen LogP contribution in [0.3, 0.4) is 0 Å². The van der Waals surface area contributed by atoms with Gasteiger partial charge >= 0.3 is 0 Å². The van der Waals surface area contributed by atoms with Crippen molar-refractivity contribution in [2.45, 2.75) is 25.4 Å². The third-order valence-electron chi connectivity index (χ3n) is 4.55. The van der Waals surface area contributed by atoms with Gasteiger partial charge in [0.05, 0.1) is 12.1 Å². The summed E-state index contributed by atoms with van der Waals surface area (Å²) in [5.74, 6) is 1.54. The molecule has 5 heterocycles. The van der Waals surface area contributed by atoms with E-state index in [-0.39, 0.29) is 5.56 Å². The average molecular weight is 290 g/mol. The Morgan fingerprint density at radius 3 is 3.05 bits per heavy atom. The van der Waals surface area contributed by atoms with Crippen LogP contribution >= 0.6 is 11.3 Å². The van der Waals surface area contributed by atoms with Crippen molar-refractivity contribution in [3.8, 4) is 0 Å². The SMILES string of the molecule is O=c1[nH]c(CNC2CN3CCC2CC3)nc2ccsc12. The molecule has 0 radical (unpaired) electrons. The number of nitrogens with one attached hydrogen (secondary N) is 2. The third kappa shape index (κ3) is 2.17. The molecule has 5 nitrogen and oxygen atoms in total. The van der Waals surface area contributed by atoms with Crippen molar-refractivity contribution in [3.63, 3.8) is 0 Å². The Bertz CT molecular complexity index is 671. The summed E-state index contributed by atoms with van der Waals surface area (Å²) in [6.45, 7) is 4.28. The molecule has 2 bridgehead atoms. The first-order valence-electron chi connectivity index (χ1n) is 7.22. The topological polar surface area (TPSA) is 61.0 Å². The van der Waals surface area contributed by atoms with Crippen LogP contribution in [0.4, 0.5) is 0 Å². The van der Waals surface area contributed by atoms with Crippen molar-refractivity contribution in [1.29, 1.82) is 0 Å². The largest absolute Gasteiger partial charge is 0.308 e. The van der Waals surface area contributed by atoms with Crippen LogP contribution in [-0.2, 0) is 6.54 Å². The van der Waals surface area contributed by atoms with E-state index >= 15 is 0 Å². The monoisotopic (exact) mass is 290 g/mol. The van der Waals surface area contributed by atoms with Crippen molar-refractivity contribution < 1.29 is 0 Å². The summed E-state index contributed by atoms with van der Waals surface area (Å²) in [5, 5.41) is 5.50. The molecule has 2 aromatic rings. The smallest absolute Gasteiger partial charge is 0.268 e. The highest BCUT2D eigenvalue weighted by Crippen LogP contribution is 2.27. The molecule has 0 aliphatic carbocycles. The zero-order chi connectivity index (χ0) is 13.5. The molecule has 106 valence electrons. The lowest BCUT2D eigenvalue weighted by atomic mass is 9.84. The molecule has 0 spiro atoms. The number of hydrogen-bond acceptors (Lipinski definition) is 5. The summed E-state index contributed by atoms with van der Waals surface area (Å²) in [7, 11) is 0. The van der Waals surface area contributed by atoms with Crippen LogP contribution in [0.15, 0.2) is 16.2 Å². The second kappa shape index (κ2) is 4.95. The lowest BCUT2D eigenvalue weighted by molar-refractivity contribution is 0.0717. The van der Waals surface area contributed by atoms with Gasteiger partial charge in [0.2, 0.25) is 0 Å². The van der Waals surface area contributed by atoms with E-state index in [9.17, 15) is 4.79 Å². The maximum atomic E-state index is 11.9. The van der Waals surface area contributed by atoms with Crippen LogP contribution in [0, 0.1) is 5.92 Å². The number of thiophene rings is 1. The van der Waals surface area contributed by atoms with Gasteiger partial charge in [-0.25, -0.2) is 4.98 Å². The molecule has 3 fully saturated rings. The van der Waals surface area contributed by atoms with Crippen molar-refractivity contribution >= 4 is 21.6 Å². The summed E-state index contributed by atoms with van der Waals surface area (Å²) in [4.78, 5) is 21.9. The Kier molecular flexibility index (Phi) is 3.09. The normalized spacial score (nSPS) is 29.1. The van der Waals surface area contributed by atoms with Crippen molar-refractivity contribution in [2.24, 2.45) is 5.92 Å². The zero-order valence-corrected chi connectivity index (χ0v) is 12.1. The molecule has 5 rings (SSSR count). The van der Waals surface area contributed by atoms with E-state index in [1.54, 1.807) is 0 Å². The van der Waals surface area contributed by atoms with Gasteiger partial charge in [-0.1, -0.05) is 0 Å². The van der Waals surface area contributed by atoms with Gasteiger partial charge in [-0.3, -0.25) is 4.79 Å². The van der Waals surface area contributed by atoms with Crippen LogP contribution in [0.25, 0.3) is 10.2 Å². The fourth-order valence-electron chi connectivity index (χ4n) is 3.43. The Hall–Kier alpha value is -1.24. The van der Waals surface area contributed by atoms with Crippen molar-refractivity contribution in [2.75, 3.05) is 19.6 Å². The molecule has 2 N–H and O–H groups in total. The van der Waals surface area contributed by atoms with E-state index in [1.165, 1.54) is 37.3 Å². The fourth-order valence-corrected chi connectivity index (χ4v) is 4.15. The average Bonchev–Trinajstić information content (AvgIpc) is 2.95. The summed E-state index contributed by atoms with van der Waals surface area (Å²) in [5.41, 5.74) is 0.792. The predicted octanol–water partition coefficient (Wildman–Crippen LogP) is 1.17. The molecular formula is C14H18N4OS. The number of piperidine rings is 3. The number of aromatic amines is 1. The van der Waals surface area contributed by atoms with Gasteiger partial charge in [0.15, 0.2) is 0 Å². The van der Waals surface area contributed by atoms with Gasteiger partial charge in [0, 0.05) is 12.6 Å². The van der Waals surface area contributed by atoms with Gasteiger partial charge in [0.25, 0.3) is 5.56 Å². The summed E-state index contributed by atoms with van der Waals surface area (Å²) >= 11 is 1.45. The van der Waals surface area contributed by atoms with Crippen LogP contribution in [-0.4, -0.2) is 40.5 Å². The first-order valence-corrected chi connectivity index (χ1v) is 8.10. The number of H-pyrrole nitrogens is 1. The molecule has 0 amide bonds. The molecule has 0 aromatic carbocycles. The highest BCUT2D eigenvalue weighted by molar-refractivity contribution is 7.17. The predicted molar refractivity (Wildman–Crippen MR) is 80.0 cm³/mol. The number of fused-ring (bicyclic) bond motifs is 4. The fraction of sp³-hybridized carbons (Fsp3) is 0.571. The third-order valence-corrected chi connectivity index (χ3v) is 5.45. The van der Waals surface area contributed by atoms with E-state index in [0.29, 0.717) is 12.6 Å². The number of hydrogen-bond donors (Lipinski definition) is 2. The lowest BCUT2D eigenvalue weighted by Gasteiger charge is -2.45. The van der Waals surface area contributed by atoms with Gasteiger partial charge in [-0.05, 0) is 43.3 Å². The van der Waals surface area contributed by atoms with Gasteiger partial charge in [0.1, 0.15) is 10.5 Å². The Labute approximate surface area is 121 Å². The molecule has 20 heavy (non-hydrogen) atoms. The minimum atomic E-state index is -0.0179. The van der Waals surface area contributed by atoms with Crippen molar-refractivity contribution in [3.05, 3.63) is 27.6 Å².